The van der Waals surface area contributed by atoms with E-state index in [4.69, 9.17) is 0 Å². The quantitative estimate of drug-likeness (QED) is 0.518. The molecule has 1 aromatic rings. The van der Waals surface area contributed by atoms with Gasteiger partial charge in [0.1, 0.15) is 0 Å². The summed E-state index contributed by atoms with van der Waals surface area (Å²) in [6.45, 7) is 4.06. The van der Waals surface area contributed by atoms with E-state index < -0.39 is 4.92 Å². The van der Waals surface area contributed by atoms with E-state index in [1.807, 2.05) is 7.05 Å². The molecular formula is C13H22N4O2. The van der Waals surface area contributed by atoms with Crippen LogP contribution in [0, 0.1) is 23.0 Å². The second-order valence-corrected chi connectivity index (χ2v) is 5.60. The fourth-order valence-corrected chi connectivity index (χ4v) is 2.71. The van der Waals surface area contributed by atoms with Gasteiger partial charge < -0.3 is 15.4 Å². The minimum Gasteiger partial charge on any atom is -0.362 e. The Morgan fingerprint density at radius 1 is 1.37 bits per heavy atom. The molecule has 1 saturated carbocycles. The third kappa shape index (κ3) is 3.05. The second-order valence-electron chi connectivity index (χ2n) is 5.60. The third-order valence-electron chi connectivity index (χ3n) is 4.07. The predicted octanol–water partition coefficient (Wildman–Crippen LogP) is 3.02. The summed E-state index contributed by atoms with van der Waals surface area (Å²) in [4.78, 5) is 14.6. The van der Waals surface area contributed by atoms with Gasteiger partial charge in [-0.1, -0.05) is 19.8 Å². The lowest BCUT2D eigenvalue weighted by Gasteiger charge is -2.17. The maximum absolute atomic E-state index is 11.0. The maximum Gasteiger partial charge on any atom is 0.406 e. The fourth-order valence-electron chi connectivity index (χ4n) is 2.71. The van der Waals surface area contributed by atoms with Gasteiger partial charge in [0.15, 0.2) is 0 Å². The van der Waals surface area contributed by atoms with Crippen molar-refractivity contribution in [2.45, 2.75) is 52.0 Å². The van der Waals surface area contributed by atoms with Crippen molar-refractivity contribution in [1.29, 1.82) is 0 Å². The lowest BCUT2D eigenvalue weighted by molar-refractivity contribution is -0.388. The summed E-state index contributed by atoms with van der Waals surface area (Å²) in [5.41, 5.74) is 0. The van der Waals surface area contributed by atoms with Gasteiger partial charge in [0.05, 0.1) is 0 Å². The molecular weight excluding hydrogens is 244 g/mol. The zero-order chi connectivity index (χ0) is 14.0. The normalized spacial score (nSPS) is 23.9. The van der Waals surface area contributed by atoms with Crippen LogP contribution in [0.15, 0.2) is 0 Å². The van der Waals surface area contributed by atoms with Gasteiger partial charge in [0, 0.05) is 20.0 Å². The van der Waals surface area contributed by atoms with Crippen molar-refractivity contribution in [3.8, 4) is 0 Å². The molecule has 1 heterocycles. The second kappa shape index (κ2) is 5.59. The highest BCUT2D eigenvalue weighted by molar-refractivity contribution is 5.54. The molecule has 19 heavy (non-hydrogen) atoms. The van der Waals surface area contributed by atoms with Crippen LogP contribution in [0.5, 0.6) is 0 Å². The number of imidazole rings is 1. The van der Waals surface area contributed by atoms with Crippen molar-refractivity contribution in [1.82, 2.24) is 9.55 Å². The molecule has 1 N–H and O–H groups in total. The summed E-state index contributed by atoms with van der Waals surface area (Å²) >= 11 is 0. The summed E-state index contributed by atoms with van der Waals surface area (Å²) in [6.07, 6.45) is 5.77. The number of rotatable bonds is 3. The molecule has 0 radical (unpaired) electrons. The Morgan fingerprint density at radius 2 is 2.11 bits per heavy atom. The summed E-state index contributed by atoms with van der Waals surface area (Å²) < 4.78 is 1.77. The Labute approximate surface area is 113 Å². The molecule has 2 atom stereocenters. The zero-order valence-corrected chi connectivity index (χ0v) is 11.8. The SMILES string of the molecule is Cc1nc([N+](=O)[O-])c(NC2CCCC(C)CC2)n1C. The molecule has 0 bridgehead atoms. The molecule has 0 spiro atoms. The third-order valence-corrected chi connectivity index (χ3v) is 4.07. The van der Waals surface area contributed by atoms with E-state index in [0.29, 0.717) is 17.7 Å². The standard InChI is InChI=1S/C13H22N4O2/c1-9-5-4-6-11(8-7-9)15-12-13(17(18)19)14-10(2)16(12)3/h9,11,15H,4-8H2,1-3H3. The number of aryl methyl sites for hydroxylation is 1. The molecule has 2 rings (SSSR count). The number of hydrogen-bond acceptors (Lipinski definition) is 4. The van der Waals surface area contributed by atoms with Gasteiger partial charge >= 0.3 is 5.82 Å². The molecule has 0 aromatic carbocycles. The van der Waals surface area contributed by atoms with Gasteiger partial charge in [-0.25, -0.2) is 0 Å². The van der Waals surface area contributed by atoms with Crippen LogP contribution in [-0.4, -0.2) is 20.5 Å². The van der Waals surface area contributed by atoms with Crippen molar-refractivity contribution < 1.29 is 4.92 Å². The van der Waals surface area contributed by atoms with Gasteiger partial charge in [-0.3, -0.25) is 4.57 Å². The molecule has 1 aliphatic rings. The van der Waals surface area contributed by atoms with Crippen molar-refractivity contribution in [2.24, 2.45) is 13.0 Å². The monoisotopic (exact) mass is 266 g/mol. The highest BCUT2D eigenvalue weighted by Gasteiger charge is 2.26. The number of hydrogen-bond donors (Lipinski definition) is 1. The van der Waals surface area contributed by atoms with E-state index in [1.54, 1.807) is 11.5 Å². The smallest absolute Gasteiger partial charge is 0.362 e. The molecule has 1 fully saturated rings. The van der Waals surface area contributed by atoms with Crippen molar-refractivity contribution in [2.75, 3.05) is 5.32 Å². The van der Waals surface area contributed by atoms with Gasteiger partial charge in [-0.2, -0.15) is 0 Å². The molecule has 2 unspecified atom stereocenters. The largest absolute Gasteiger partial charge is 0.406 e. The number of aromatic nitrogens is 2. The van der Waals surface area contributed by atoms with E-state index in [0.717, 1.165) is 18.8 Å². The first-order chi connectivity index (χ1) is 8.99. The van der Waals surface area contributed by atoms with Crippen LogP contribution in [0.1, 0.15) is 44.9 Å². The Hall–Kier alpha value is -1.59. The van der Waals surface area contributed by atoms with E-state index in [9.17, 15) is 10.1 Å². The zero-order valence-electron chi connectivity index (χ0n) is 11.8. The summed E-state index contributed by atoms with van der Waals surface area (Å²) in [5, 5.41) is 14.4. The van der Waals surface area contributed by atoms with Crippen molar-refractivity contribution in [3.63, 3.8) is 0 Å². The molecule has 6 heteroatoms. The summed E-state index contributed by atoms with van der Waals surface area (Å²) in [5.74, 6) is 1.91. The molecule has 1 aromatic heterocycles. The molecule has 0 amide bonds. The molecule has 106 valence electrons. The Morgan fingerprint density at radius 3 is 2.79 bits per heavy atom. The fraction of sp³-hybridized carbons (Fsp3) is 0.769. The summed E-state index contributed by atoms with van der Waals surface area (Å²) in [7, 11) is 1.82. The highest BCUT2D eigenvalue weighted by Crippen LogP contribution is 2.29. The Bertz CT molecular complexity index is 469. The minimum atomic E-state index is -0.408. The first-order valence-electron chi connectivity index (χ1n) is 6.93. The van der Waals surface area contributed by atoms with Crippen LogP contribution in [0.2, 0.25) is 0 Å². The average Bonchev–Trinajstić information content (AvgIpc) is 2.53. The number of anilines is 1. The molecule has 1 aliphatic carbocycles. The molecule has 0 saturated heterocycles. The van der Waals surface area contributed by atoms with E-state index >= 15 is 0 Å². The van der Waals surface area contributed by atoms with Crippen molar-refractivity contribution >= 4 is 11.6 Å². The lowest BCUT2D eigenvalue weighted by Crippen LogP contribution is -2.21. The molecule has 6 nitrogen and oxygen atoms in total. The van der Waals surface area contributed by atoms with Crippen LogP contribution in [0.4, 0.5) is 11.6 Å². The summed E-state index contributed by atoms with van der Waals surface area (Å²) in [6, 6.07) is 0.318. The number of nitro groups is 1. The maximum atomic E-state index is 11.0. The van der Waals surface area contributed by atoms with Crippen LogP contribution >= 0.6 is 0 Å². The Kier molecular flexibility index (Phi) is 4.07. The van der Waals surface area contributed by atoms with E-state index in [2.05, 4.69) is 17.2 Å². The average molecular weight is 266 g/mol. The number of nitrogens with one attached hydrogen (secondary N) is 1. The van der Waals surface area contributed by atoms with E-state index in [-0.39, 0.29) is 5.82 Å². The predicted molar refractivity (Wildman–Crippen MR) is 74.3 cm³/mol. The first kappa shape index (κ1) is 13.8. The Balaban J connectivity index is 2.16. The lowest BCUT2D eigenvalue weighted by atomic mass is 10.0. The minimum absolute atomic E-state index is 0.0581. The van der Waals surface area contributed by atoms with Crippen molar-refractivity contribution in [3.05, 3.63) is 15.9 Å². The van der Waals surface area contributed by atoms with Crippen LogP contribution in [-0.2, 0) is 7.05 Å². The van der Waals surface area contributed by atoms with E-state index in [1.165, 1.54) is 19.3 Å². The van der Waals surface area contributed by atoms with Gasteiger partial charge in [-0.05, 0) is 35.1 Å². The molecule has 0 aliphatic heterocycles. The number of nitrogens with zero attached hydrogens (tertiary/aromatic N) is 3. The topological polar surface area (TPSA) is 73.0 Å². The van der Waals surface area contributed by atoms with Gasteiger partial charge in [0.25, 0.3) is 0 Å². The van der Waals surface area contributed by atoms with Crippen LogP contribution in [0.3, 0.4) is 0 Å². The van der Waals surface area contributed by atoms with Crippen LogP contribution in [0.25, 0.3) is 0 Å². The van der Waals surface area contributed by atoms with Crippen LogP contribution < -0.4 is 5.32 Å². The first-order valence-corrected chi connectivity index (χ1v) is 6.93. The highest BCUT2D eigenvalue weighted by atomic mass is 16.6. The van der Waals surface area contributed by atoms with Gasteiger partial charge in [0.2, 0.25) is 11.6 Å². The van der Waals surface area contributed by atoms with Gasteiger partial charge in [-0.15, -0.1) is 0 Å².